The fraction of sp³-hybridized carbons (Fsp3) is 0.464. The number of fused-ring (bicyclic) bond motifs is 1. The predicted molar refractivity (Wildman–Crippen MR) is 139 cm³/mol. The Hall–Kier alpha value is -3.39. The van der Waals surface area contributed by atoms with Crippen molar-refractivity contribution in [1.29, 1.82) is 0 Å². The number of likely N-dealkylation sites (tertiary alicyclic amines) is 1. The SMILES string of the molecule is COC1CCC(C(=O)N2CCC(c3ccc(NC(=O)NCc4ccn5ccnc5c4)cc3)CC2)CC1. The van der Waals surface area contributed by atoms with Crippen LogP contribution in [-0.4, -0.2) is 52.5 Å². The van der Waals surface area contributed by atoms with Crippen molar-refractivity contribution in [3.8, 4) is 0 Å². The van der Waals surface area contributed by atoms with E-state index in [1.807, 2.05) is 41.1 Å². The molecule has 3 aromatic rings. The second kappa shape index (κ2) is 11.1. The van der Waals surface area contributed by atoms with Crippen molar-refractivity contribution < 1.29 is 14.3 Å². The van der Waals surface area contributed by atoms with E-state index in [0.29, 0.717) is 24.5 Å². The number of nitrogens with one attached hydrogen (secondary N) is 2. The van der Waals surface area contributed by atoms with Crippen LogP contribution in [0.25, 0.3) is 5.65 Å². The number of ether oxygens (including phenoxy) is 1. The molecule has 1 saturated carbocycles. The number of hydrogen-bond donors (Lipinski definition) is 2. The van der Waals surface area contributed by atoms with Crippen LogP contribution in [0.3, 0.4) is 0 Å². The highest BCUT2D eigenvalue weighted by Crippen LogP contribution is 2.32. The summed E-state index contributed by atoms with van der Waals surface area (Å²) in [7, 11) is 1.76. The van der Waals surface area contributed by atoms with Gasteiger partial charge in [0, 0.05) is 56.9 Å². The molecule has 2 aromatic heterocycles. The molecule has 8 heteroatoms. The number of pyridine rings is 1. The van der Waals surface area contributed by atoms with Gasteiger partial charge in [-0.15, -0.1) is 0 Å². The number of carbonyl (C=O) groups is 2. The third-order valence-corrected chi connectivity index (χ3v) is 7.72. The molecule has 36 heavy (non-hydrogen) atoms. The number of imidazole rings is 1. The van der Waals surface area contributed by atoms with E-state index in [4.69, 9.17) is 4.74 Å². The number of rotatable bonds is 6. The fourth-order valence-corrected chi connectivity index (χ4v) is 5.50. The smallest absolute Gasteiger partial charge is 0.319 e. The van der Waals surface area contributed by atoms with Crippen LogP contribution in [0.15, 0.2) is 55.0 Å². The number of carbonyl (C=O) groups excluding carboxylic acids is 2. The third kappa shape index (κ3) is 5.70. The summed E-state index contributed by atoms with van der Waals surface area (Å²) in [6.45, 7) is 2.07. The lowest BCUT2D eigenvalue weighted by molar-refractivity contribution is -0.138. The molecule has 0 atom stereocenters. The zero-order valence-corrected chi connectivity index (χ0v) is 20.9. The molecule has 8 nitrogen and oxygen atoms in total. The van der Waals surface area contributed by atoms with Crippen molar-refractivity contribution in [2.75, 3.05) is 25.5 Å². The van der Waals surface area contributed by atoms with E-state index >= 15 is 0 Å². The first-order chi connectivity index (χ1) is 17.6. The average Bonchev–Trinajstić information content (AvgIpc) is 3.40. The molecule has 5 rings (SSSR count). The maximum atomic E-state index is 13.0. The highest BCUT2D eigenvalue weighted by molar-refractivity contribution is 5.89. The molecule has 3 amide bonds. The largest absolute Gasteiger partial charge is 0.381 e. The van der Waals surface area contributed by atoms with Crippen LogP contribution in [0.1, 0.15) is 55.6 Å². The van der Waals surface area contributed by atoms with Crippen LogP contribution in [-0.2, 0) is 16.1 Å². The molecular weight excluding hydrogens is 454 g/mol. The van der Waals surface area contributed by atoms with Crippen molar-refractivity contribution in [3.63, 3.8) is 0 Å². The standard InChI is InChI=1S/C28H35N5O3/c1-36-25-8-4-23(5-9-25)27(34)33-15-11-22(12-16-33)21-2-6-24(7-3-21)31-28(35)30-19-20-10-14-32-17-13-29-26(32)18-20/h2-3,6-7,10,13-14,17-18,22-23,25H,4-5,8-9,11-12,15-16,19H2,1H3,(H2,30,31,35). The Morgan fingerprint density at radius 3 is 2.47 bits per heavy atom. The summed E-state index contributed by atoms with van der Waals surface area (Å²) < 4.78 is 7.38. The Morgan fingerprint density at radius 1 is 1.00 bits per heavy atom. The Morgan fingerprint density at radius 2 is 1.75 bits per heavy atom. The zero-order chi connectivity index (χ0) is 24.9. The minimum Gasteiger partial charge on any atom is -0.381 e. The van der Waals surface area contributed by atoms with Crippen LogP contribution in [0.2, 0.25) is 0 Å². The number of hydrogen-bond acceptors (Lipinski definition) is 4. The maximum Gasteiger partial charge on any atom is 0.319 e. The molecule has 2 aliphatic rings. The summed E-state index contributed by atoms with van der Waals surface area (Å²) in [5.41, 5.74) is 3.88. The number of methoxy groups -OCH3 is 1. The molecule has 0 bridgehead atoms. The van der Waals surface area contributed by atoms with E-state index < -0.39 is 0 Å². The maximum absolute atomic E-state index is 13.0. The number of amides is 3. The monoisotopic (exact) mass is 489 g/mol. The van der Waals surface area contributed by atoms with Crippen LogP contribution in [0.5, 0.6) is 0 Å². The summed E-state index contributed by atoms with van der Waals surface area (Å²) in [6.07, 6.45) is 11.7. The first-order valence-corrected chi connectivity index (χ1v) is 13.0. The summed E-state index contributed by atoms with van der Waals surface area (Å²) in [5.74, 6) is 0.940. The molecule has 0 radical (unpaired) electrons. The Labute approximate surface area is 212 Å². The zero-order valence-electron chi connectivity index (χ0n) is 20.9. The Balaban J connectivity index is 1.07. The van der Waals surface area contributed by atoms with Gasteiger partial charge >= 0.3 is 6.03 Å². The van der Waals surface area contributed by atoms with Gasteiger partial charge in [0.25, 0.3) is 0 Å². The van der Waals surface area contributed by atoms with Gasteiger partial charge in [0.1, 0.15) is 5.65 Å². The molecule has 3 heterocycles. The van der Waals surface area contributed by atoms with Crippen molar-refractivity contribution in [3.05, 3.63) is 66.1 Å². The van der Waals surface area contributed by atoms with Gasteiger partial charge in [0.05, 0.1) is 6.10 Å². The van der Waals surface area contributed by atoms with Crippen molar-refractivity contribution in [1.82, 2.24) is 19.6 Å². The second-order valence-electron chi connectivity index (χ2n) is 9.97. The van der Waals surface area contributed by atoms with Crippen LogP contribution >= 0.6 is 0 Å². The van der Waals surface area contributed by atoms with Gasteiger partial charge in [0.15, 0.2) is 0 Å². The van der Waals surface area contributed by atoms with Gasteiger partial charge in [-0.2, -0.15) is 0 Å². The van der Waals surface area contributed by atoms with Crippen molar-refractivity contribution >= 4 is 23.3 Å². The first-order valence-electron chi connectivity index (χ1n) is 13.0. The molecule has 1 saturated heterocycles. The van der Waals surface area contributed by atoms with E-state index in [2.05, 4.69) is 32.7 Å². The summed E-state index contributed by atoms with van der Waals surface area (Å²) in [6, 6.07) is 11.8. The van der Waals surface area contributed by atoms with Crippen LogP contribution in [0, 0.1) is 5.92 Å². The molecule has 1 aliphatic carbocycles. The number of nitrogens with zero attached hydrogens (tertiary/aromatic N) is 3. The van der Waals surface area contributed by atoms with E-state index in [1.165, 1.54) is 5.56 Å². The third-order valence-electron chi connectivity index (χ3n) is 7.72. The minimum atomic E-state index is -0.239. The quantitative estimate of drug-likeness (QED) is 0.531. The highest BCUT2D eigenvalue weighted by atomic mass is 16.5. The molecule has 0 spiro atoms. The lowest BCUT2D eigenvalue weighted by atomic mass is 9.84. The Bertz CT molecular complexity index is 1180. The second-order valence-corrected chi connectivity index (χ2v) is 9.97. The van der Waals surface area contributed by atoms with Crippen molar-refractivity contribution in [2.45, 2.75) is 57.1 Å². The van der Waals surface area contributed by atoms with Crippen LogP contribution in [0.4, 0.5) is 10.5 Å². The Kier molecular flexibility index (Phi) is 7.51. The van der Waals surface area contributed by atoms with Crippen LogP contribution < -0.4 is 10.6 Å². The summed E-state index contributed by atoms with van der Waals surface area (Å²) in [4.78, 5) is 31.7. The number of aromatic nitrogens is 2. The van der Waals surface area contributed by atoms with E-state index in [0.717, 1.165) is 68.5 Å². The number of urea groups is 1. The van der Waals surface area contributed by atoms with Gasteiger partial charge in [-0.25, -0.2) is 9.78 Å². The molecule has 2 fully saturated rings. The van der Waals surface area contributed by atoms with Gasteiger partial charge in [-0.05, 0) is 79.8 Å². The average molecular weight is 490 g/mol. The van der Waals surface area contributed by atoms with E-state index in [9.17, 15) is 9.59 Å². The first kappa shape index (κ1) is 24.3. The lowest BCUT2D eigenvalue weighted by Gasteiger charge is -2.36. The fourth-order valence-electron chi connectivity index (χ4n) is 5.50. The molecule has 1 aromatic carbocycles. The molecule has 1 aliphatic heterocycles. The van der Waals surface area contributed by atoms with Gasteiger partial charge in [-0.3, -0.25) is 4.79 Å². The van der Waals surface area contributed by atoms with Gasteiger partial charge in [0.2, 0.25) is 5.91 Å². The molecule has 190 valence electrons. The number of piperidine rings is 1. The summed E-state index contributed by atoms with van der Waals surface area (Å²) >= 11 is 0. The minimum absolute atomic E-state index is 0.165. The number of benzene rings is 1. The lowest BCUT2D eigenvalue weighted by Crippen LogP contribution is -2.42. The van der Waals surface area contributed by atoms with Crippen molar-refractivity contribution in [2.24, 2.45) is 5.92 Å². The number of anilines is 1. The molecule has 2 N–H and O–H groups in total. The molecular formula is C28H35N5O3. The van der Waals surface area contributed by atoms with Gasteiger partial charge < -0.3 is 24.7 Å². The van der Waals surface area contributed by atoms with E-state index in [-0.39, 0.29) is 11.9 Å². The highest BCUT2D eigenvalue weighted by Gasteiger charge is 2.31. The summed E-state index contributed by atoms with van der Waals surface area (Å²) in [5, 5.41) is 5.81. The molecule has 0 unspecified atom stereocenters. The topological polar surface area (TPSA) is 88.0 Å². The predicted octanol–water partition coefficient (Wildman–Crippen LogP) is 4.57. The normalized spacial score (nSPS) is 20.9. The van der Waals surface area contributed by atoms with Gasteiger partial charge in [-0.1, -0.05) is 12.1 Å². The van der Waals surface area contributed by atoms with E-state index in [1.54, 1.807) is 13.3 Å².